The first-order valence-electron chi connectivity index (χ1n) is 32.8. The molecule has 0 heterocycles. The topological polar surface area (TPSA) is 78.9 Å². The first-order valence-corrected chi connectivity index (χ1v) is 32.8. The van der Waals surface area contributed by atoms with Gasteiger partial charge >= 0.3 is 17.9 Å². The molecular weight excluding hydrogens is 985 g/mol. The van der Waals surface area contributed by atoms with Crippen molar-refractivity contribution in [2.75, 3.05) is 13.2 Å². The predicted octanol–water partition coefficient (Wildman–Crippen LogP) is 22.7. The van der Waals surface area contributed by atoms with Crippen molar-refractivity contribution in [2.45, 2.75) is 290 Å². The molecule has 1 atom stereocenters. The molecule has 0 N–H and O–H groups in total. The Labute approximate surface area is 493 Å². The number of hydrogen-bond acceptors (Lipinski definition) is 6. The highest BCUT2D eigenvalue weighted by molar-refractivity contribution is 5.71. The minimum absolute atomic E-state index is 0.0939. The third kappa shape index (κ3) is 64.1. The van der Waals surface area contributed by atoms with E-state index in [-0.39, 0.29) is 31.1 Å². The highest BCUT2D eigenvalue weighted by atomic mass is 16.6. The molecule has 0 bridgehead atoms. The van der Waals surface area contributed by atoms with E-state index in [1.165, 1.54) is 83.5 Å². The molecule has 6 heteroatoms. The minimum atomic E-state index is -0.799. The van der Waals surface area contributed by atoms with Gasteiger partial charge in [-0.25, -0.2) is 0 Å². The van der Waals surface area contributed by atoms with Crippen LogP contribution in [0.3, 0.4) is 0 Å². The molecule has 0 aliphatic carbocycles. The lowest BCUT2D eigenvalue weighted by Crippen LogP contribution is -2.30. The molecule has 80 heavy (non-hydrogen) atoms. The van der Waals surface area contributed by atoms with Crippen molar-refractivity contribution in [3.05, 3.63) is 146 Å². The molecule has 0 aromatic heterocycles. The van der Waals surface area contributed by atoms with Gasteiger partial charge in [0.05, 0.1) is 0 Å². The van der Waals surface area contributed by atoms with Crippen LogP contribution in [0.25, 0.3) is 0 Å². The maximum absolute atomic E-state index is 12.9. The monoisotopic (exact) mass is 1100 g/mol. The molecule has 0 saturated heterocycles. The predicted molar refractivity (Wildman–Crippen MR) is 348 cm³/mol. The van der Waals surface area contributed by atoms with Gasteiger partial charge in [-0.15, -0.1) is 0 Å². The van der Waals surface area contributed by atoms with Crippen LogP contribution in [0.5, 0.6) is 0 Å². The molecule has 6 nitrogen and oxygen atoms in total. The third-order valence-corrected chi connectivity index (χ3v) is 13.6. The summed E-state index contributed by atoms with van der Waals surface area (Å²) in [6.45, 7) is 6.37. The molecule has 0 aliphatic rings. The molecule has 0 spiro atoms. The van der Waals surface area contributed by atoms with Crippen LogP contribution in [-0.4, -0.2) is 37.2 Å². The van der Waals surface area contributed by atoms with E-state index in [4.69, 9.17) is 14.2 Å². The van der Waals surface area contributed by atoms with Crippen molar-refractivity contribution in [1.29, 1.82) is 0 Å². The van der Waals surface area contributed by atoms with Crippen LogP contribution < -0.4 is 0 Å². The average molecular weight is 1110 g/mol. The van der Waals surface area contributed by atoms with E-state index >= 15 is 0 Å². The van der Waals surface area contributed by atoms with Gasteiger partial charge in [0.1, 0.15) is 13.2 Å². The number of carbonyl (C=O) groups excluding carboxylic acids is 3. The van der Waals surface area contributed by atoms with Gasteiger partial charge < -0.3 is 14.2 Å². The number of carbonyl (C=O) groups is 3. The molecule has 0 amide bonds. The SMILES string of the molecule is CC/C=C\C/C=C\C/C=C\C/C=C\C/C=C\C/C=C\CCCCCCCCC(=O)OCC(COC(=O)CCCCCCC/C=C\CCCCC)OC(=O)CCCCCCCCCCC/C=C\C/C=C\C/C=C\C/C=C\C/C=C\CC. The van der Waals surface area contributed by atoms with Gasteiger partial charge in [0, 0.05) is 19.3 Å². The second-order valence-electron chi connectivity index (χ2n) is 21.3. The summed E-state index contributed by atoms with van der Waals surface area (Å²) in [4.78, 5) is 38.3. The molecule has 0 radical (unpaired) electrons. The Hall–Kier alpha value is -4.71. The van der Waals surface area contributed by atoms with Crippen LogP contribution in [0.15, 0.2) is 146 Å². The van der Waals surface area contributed by atoms with Gasteiger partial charge in [-0.3, -0.25) is 14.4 Å². The maximum Gasteiger partial charge on any atom is 0.306 e. The van der Waals surface area contributed by atoms with E-state index in [0.717, 1.165) is 161 Å². The molecule has 0 aliphatic heterocycles. The Morgan fingerprint density at radius 2 is 0.487 bits per heavy atom. The summed E-state index contributed by atoms with van der Waals surface area (Å²) in [5.41, 5.74) is 0. The maximum atomic E-state index is 12.9. The Morgan fingerprint density at radius 3 is 0.775 bits per heavy atom. The zero-order valence-corrected chi connectivity index (χ0v) is 51.8. The fourth-order valence-corrected chi connectivity index (χ4v) is 8.70. The summed E-state index contributed by atoms with van der Waals surface area (Å²) >= 11 is 0. The molecule has 452 valence electrons. The lowest BCUT2D eigenvalue weighted by Gasteiger charge is -2.18. The van der Waals surface area contributed by atoms with Crippen molar-refractivity contribution in [3.63, 3.8) is 0 Å². The number of unbranched alkanes of at least 4 members (excludes halogenated alkanes) is 23. The van der Waals surface area contributed by atoms with E-state index in [1.54, 1.807) is 0 Å². The van der Waals surface area contributed by atoms with Crippen LogP contribution in [0.1, 0.15) is 284 Å². The van der Waals surface area contributed by atoms with Crippen molar-refractivity contribution in [1.82, 2.24) is 0 Å². The lowest BCUT2D eigenvalue weighted by atomic mass is 10.1. The standard InChI is InChI=1S/C74H120O6/c1-4-7-10-13-16-19-22-25-27-29-31-33-35-37-39-41-43-45-47-49-52-55-58-61-64-67-73(76)79-70-71(69-78-72(75)66-63-60-57-54-51-24-21-18-15-12-9-6-3)80-74(77)68-65-62-59-56-53-50-48-46-44-42-40-38-36-34-32-30-28-26-23-20-17-14-11-8-5-2/h7-8,10-11,16-21,25-28,31-34,37-40,43,45,71H,4-6,9,12-15,22-24,29-30,35-36,41-42,44,46-70H2,1-3H3/b10-7-,11-8-,19-16-,20-17-,21-18-,27-25-,28-26-,33-31-,34-32-,39-37-,40-38-,45-43-. The van der Waals surface area contributed by atoms with Gasteiger partial charge in [0.15, 0.2) is 6.10 Å². The van der Waals surface area contributed by atoms with E-state index in [2.05, 4.69) is 167 Å². The zero-order valence-electron chi connectivity index (χ0n) is 51.8. The van der Waals surface area contributed by atoms with Crippen LogP contribution in [0.2, 0.25) is 0 Å². The summed E-state index contributed by atoms with van der Waals surface area (Å²) < 4.78 is 16.9. The number of esters is 3. The normalized spacial score (nSPS) is 13.1. The summed E-state index contributed by atoms with van der Waals surface area (Å²) in [5, 5.41) is 0. The summed E-state index contributed by atoms with van der Waals surface area (Å²) in [7, 11) is 0. The largest absolute Gasteiger partial charge is 0.462 e. The summed E-state index contributed by atoms with van der Waals surface area (Å²) in [6.07, 6.45) is 95.6. The van der Waals surface area contributed by atoms with Crippen molar-refractivity contribution in [3.8, 4) is 0 Å². The Balaban J connectivity index is 4.38. The average Bonchev–Trinajstić information content (AvgIpc) is 3.46. The number of ether oxygens (including phenoxy) is 3. The minimum Gasteiger partial charge on any atom is -0.462 e. The second kappa shape index (κ2) is 66.8. The molecule has 0 fully saturated rings. The van der Waals surface area contributed by atoms with Crippen molar-refractivity contribution < 1.29 is 28.6 Å². The fraction of sp³-hybridized carbons (Fsp3) is 0.635. The Morgan fingerprint density at radius 1 is 0.263 bits per heavy atom. The van der Waals surface area contributed by atoms with Crippen molar-refractivity contribution in [2.24, 2.45) is 0 Å². The smallest absolute Gasteiger partial charge is 0.306 e. The van der Waals surface area contributed by atoms with Crippen LogP contribution >= 0.6 is 0 Å². The van der Waals surface area contributed by atoms with Gasteiger partial charge in [-0.05, 0) is 141 Å². The van der Waals surface area contributed by atoms with Gasteiger partial charge in [0.25, 0.3) is 0 Å². The van der Waals surface area contributed by atoms with Crippen molar-refractivity contribution >= 4 is 17.9 Å². The first-order chi connectivity index (χ1) is 39.5. The second-order valence-corrected chi connectivity index (χ2v) is 21.3. The van der Waals surface area contributed by atoms with Crippen LogP contribution in [0, 0.1) is 0 Å². The van der Waals surface area contributed by atoms with Crippen LogP contribution in [-0.2, 0) is 28.6 Å². The van der Waals surface area contributed by atoms with E-state index < -0.39 is 6.10 Å². The third-order valence-electron chi connectivity index (χ3n) is 13.6. The molecule has 0 rings (SSSR count). The van der Waals surface area contributed by atoms with E-state index in [1.807, 2.05) is 0 Å². The number of rotatable bonds is 58. The zero-order chi connectivity index (χ0) is 57.8. The van der Waals surface area contributed by atoms with Gasteiger partial charge in [-0.1, -0.05) is 269 Å². The Bertz CT molecular complexity index is 1750. The summed E-state index contributed by atoms with van der Waals surface area (Å²) in [6, 6.07) is 0. The molecule has 0 aromatic rings. The van der Waals surface area contributed by atoms with E-state index in [9.17, 15) is 14.4 Å². The molecule has 1 unspecified atom stereocenters. The Kier molecular flexibility index (Phi) is 62.9. The molecule has 0 aromatic carbocycles. The molecular formula is C74H120O6. The molecule has 0 saturated carbocycles. The first kappa shape index (κ1) is 75.3. The lowest BCUT2D eigenvalue weighted by molar-refractivity contribution is -0.167. The number of hydrogen-bond donors (Lipinski definition) is 0. The fourth-order valence-electron chi connectivity index (χ4n) is 8.70. The quantitative estimate of drug-likeness (QED) is 0.0261. The highest BCUT2D eigenvalue weighted by Gasteiger charge is 2.19. The van der Waals surface area contributed by atoms with Gasteiger partial charge in [0.2, 0.25) is 0 Å². The van der Waals surface area contributed by atoms with E-state index in [0.29, 0.717) is 19.3 Å². The summed E-state index contributed by atoms with van der Waals surface area (Å²) in [5.74, 6) is -0.923. The van der Waals surface area contributed by atoms with Gasteiger partial charge in [-0.2, -0.15) is 0 Å². The van der Waals surface area contributed by atoms with Crippen LogP contribution in [0.4, 0.5) is 0 Å². The highest BCUT2D eigenvalue weighted by Crippen LogP contribution is 2.15. The number of allylic oxidation sites excluding steroid dienone is 24.